The van der Waals surface area contributed by atoms with E-state index in [1.165, 1.54) is 18.2 Å². The van der Waals surface area contributed by atoms with Crippen molar-refractivity contribution in [3.63, 3.8) is 0 Å². The molecule has 6 nitrogen and oxygen atoms in total. The van der Waals surface area contributed by atoms with E-state index in [0.29, 0.717) is 24.7 Å². The molecule has 0 aromatic heterocycles. The fraction of sp³-hybridized carbons (Fsp3) is 0.278. The number of amides is 2. The summed E-state index contributed by atoms with van der Waals surface area (Å²) in [6.07, 6.45) is -4.80. The van der Waals surface area contributed by atoms with Crippen molar-refractivity contribution in [3.8, 4) is 17.2 Å². The average molecular weight is 382 g/mol. The topological polar surface area (TPSA) is 68.8 Å². The van der Waals surface area contributed by atoms with E-state index in [2.05, 4.69) is 15.4 Å². The first-order chi connectivity index (χ1) is 12.9. The highest BCUT2D eigenvalue weighted by atomic mass is 19.4. The summed E-state index contributed by atoms with van der Waals surface area (Å²) in [5, 5.41) is 5.14. The normalized spacial score (nSPS) is 13.0. The largest absolute Gasteiger partial charge is 0.573 e. The summed E-state index contributed by atoms with van der Waals surface area (Å²) in [5.74, 6) is 0.909. The van der Waals surface area contributed by atoms with Gasteiger partial charge in [0.25, 0.3) is 0 Å². The molecule has 1 aliphatic heterocycles. The fourth-order valence-corrected chi connectivity index (χ4v) is 2.49. The van der Waals surface area contributed by atoms with Gasteiger partial charge in [-0.1, -0.05) is 24.3 Å². The van der Waals surface area contributed by atoms with Crippen molar-refractivity contribution in [1.29, 1.82) is 0 Å². The van der Waals surface area contributed by atoms with Gasteiger partial charge in [0.2, 0.25) is 0 Å². The van der Waals surface area contributed by atoms with Gasteiger partial charge in [-0.25, -0.2) is 4.79 Å². The molecule has 9 heteroatoms. The van der Waals surface area contributed by atoms with Gasteiger partial charge in [0.15, 0.2) is 11.5 Å². The maximum absolute atomic E-state index is 12.4. The number of fused-ring (bicyclic) bond motifs is 1. The highest BCUT2D eigenvalue weighted by molar-refractivity contribution is 5.74. The van der Waals surface area contributed by atoms with Crippen LogP contribution < -0.4 is 24.8 Å². The molecule has 2 N–H and O–H groups in total. The van der Waals surface area contributed by atoms with Gasteiger partial charge in [-0.05, 0) is 23.8 Å². The van der Waals surface area contributed by atoms with Crippen LogP contribution in [-0.2, 0) is 13.1 Å². The standard InChI is InChI=1S/C18H17F3N2O4/c19-18(20,21)27-14-4-2-1-3-13(14)11-23-17(24)22-10-12-5-6-15-16(9-12)26-8-7-25-15/h1-6,9H,7-8,10-11H2,(H2,22,23,24). The lowest BCUT2D eigenvalue weighted by molar-refractivity contribution is -0.274. The zero-order chi connectivity index (χ0) is 19.3. The van der Waals surface area contributed by atoms with Gasteiger partial charge in [-0.3, -0.25) is 0 Å². The van der Waals surface area contributed by atoms with E-state index in [1.54, 1.807) is 24.3 Å². The van der Waals surface area contributed by atoms with Gasteiger partial charge in [0.1, 0.15) is 19.0 Å². The molecule has 0 aliphatic carbocycles. The summed E-state index contributed by atoms with van der Waals surface area (Å²) in [7, 11) is 0. The van der Waals surface area contributed by atoms with E-state index in [9.17, 15) is 18.0 Å². The molecule has 2 aromatic carbocycles. The number of para-hydroxylation sites is 1. The van der Waals surface area contributed by atoms with Gasteiger partial charge in [0, 0.05) is 18.7 Å². The maximum atomic E-state index is 12.4. The lowest BCUT2D eigenvalue weighted by Crippen LogP contribution is -2.34. The van der Waals surface area contributed by atoms with Crippen molar-refractivity contribution in [2.45, 2.75) is 19.5 Å². The second kappa shape index (κ2) is 8.07. The summed E-state index contributed by atoms with van der Waals surface area (Å²) in [5.41, 5.74) is 1.01. The highest BCUT2D eigenvalue weighted by Crippen LogP contribution is 2.30. The van der Waals surface area contributed by atoms with Gasteiger partial charge in [-0.15, -0.1) is 13.2 Å². The molecule has 3 rings (SSSR count). The number of nitrogens with one attached hydrogen (secondary N) is 2. The Morgan fingerprint density at radius 3 is 2.48 bits per heavy atom. The van der Waals surface area contributed by atoms with Gasteiger partial charge in [0.05, 0.1) is 0 Å². The number of urea groups is 1. The number of ether oxygens (including phenoxy) is 3. The minimum Gasteiger partial charge on any atom is -0.486 e. The SMILES string of the molecule is O=C(NCc1ccc2c(c1)OCCO2)NCc1ccccc1OC(F)(F)F. The number of hydrogen-bond acceptors (Lipinski definition) is 4. The monoisotopic (exact) mass is 382 g/mol. The van der Waals surface area contributed by atoms with Crippen LogP contribution in [0.1, 0.15) is 11.1 Å². The molecule has 0 radical (unpaired) electrons. The fourth-order valence-electron chi connectivity index (χ4n) is 2.49. The molecule has 0 saturated heterocycles. The summed E-state index contributed by atoms with van der Waals surface area (Å²) in [4.78, 5) is 11.9. The van der Waals surface area contributed by atoms with Crippen LogP contribution in [0.3, 0.4) is 0 Å². The Bertz CT molecular complexity index is 811. The zero-order valence-electron chi connectivity index (χ0n) is 14.1. The molecule has 0 spiro atoms. The second-order valence-electron chi connectivity index (χ2n) is 5.67. The van der Waals surface area contributed by atoms with E-state index < -0.39 is 12.4 Å². The van der Waals surface area contributed by atoms with Crippen molar-refractivity contribution in [2.24, 2.45) is 0 Å². The molecule has 0 bridgehead atoms. The third-order valence-electron chi connectivity index (χ3n) is 3.70. The number of benzene rings is 2. The Kier molecular flexibility index (Phi) is 5.58. The van der Waals surface area contributed by atoms with E-state index >= 15 is 0 Å². The number of rotatable bonds is 5. The van der Waals surface area contributed by atoms with Crippen LogP contribution in [0.2, 0.25) is 0 Å². The molecular weight excluding hydrogens is 365 g/mol. The maximum Gasteiger partial charge on any atom is 0.573 e. The van der Waals surface area contributed by atoms with Gasteiger partial charge >= 0.3 is 12.4 Å². The second-order valence-corrected chi connectivity index (χ2v) is 5.67. The molecule has 0 unspecified atom stereocenters. The summed E-state index contributed by atoms with van der Waals surface area (Å²) < 4.78 is 52.1. The summed E-state index contributed by atoms with van der Waals surface area (Å²) in [6, 6.07) is 10.4. The third-order valence-corrected chi connectivity index (χ3v) is 3.70. The molecule has 1 aliphatic rings. The van der Waals surface area contributed by atoms with Crippen LogP contribution >= 0.6 is 0 Å². The zero-order valence-corrected chi connectivity index (χ0v) is 14.1. The lowest BCUT2D eigenvalue weighted by Gasteiger charge is -2.19. The van der Waals surface area contributed by atoms with Crippen LogP contribution in [0.5, 0.6) is 17.2 Å². The first-order valence-electron chi connectivity index (χ1n) is 8.14. The Labute approximate surface area is 153 Å². The van der Waals surface area contributed by atoms with Crippen LogP contribution in [0.25, 0.3) is 0 Å². The van der Waals surface area contributed by atoms with Crippen molar-refractivity contribution >= 4 is 6.03 Å². The molecule has 144 valence electrons. The van der Waals surface area contributed by atoms with Crippen LogP contribution in [-0.4, -0.2) is 25.6 Å². The molecule has 27 heavy (non-hydrogen) atoms. The molecule has 0 atom stereocenters. The van der Waals surface area contributed by atoms with E-state index in [-0.39, 0.29) is 24.4 Å². The predicted octanol–water partition coefficient (Wildman–Crippen LogP) is 3.36. The Morgan fingerprint density at radius 1 is 1.00 bits per heavy atom. The minimum atomic E-state index is -4.80. The average Bonchev–Trinajstić information content (AvgIpc) is 2.64. The smallest absolute Gasteiger partial charge is 0.486 e. The molecule has 2 amide bonds. The predicted molar refractivity (Wildman–Crippen MR) is 89.6 cm³/mol. The van der Waals surface area contributed by atoms with E-state index in [1.807, 2.05) is 0 Å². The Balaban J connectivity index is 1.52. The first-order valence-corrected chi connectivity index (χ1v) is 8.14. The van der Waals surface area contributed by atoms with E-state index in [4.69, 9.17) is 9.47 Å². The van der Waals surface area contributed by atoms with Gasteiger partial charge < -0.3 is 24.8 Å². The summed E-state index contributed by atoms with van der Waals surface area (Å²) in [6.45, 7) is 1.07. The number of halogens is 3. The molecule has 2 aromatic rings. The van der Waals surface area contributed by atoms with Crippen LogP contribution in [0, 0.1) is 0 Å². The van der Waals surface area contributed by atoms with Crippen molar-refractivity contribution < 1.29 is 32.2 Å². The number of alkyl halides is 3. The van der Waals surface area contributed by atoms with Crippen molar-refractivity contribution in [1.82, 2.24) is 10.6 Å². The molecule has 1 heterocycles. The molecular formula is C18H17F3N2O4. The Morgan fingerprint density at radius 2 is 1.70 bits per heavy atom. The summed E-state index contributed by atoms with van der Waals surface area (Å²) >= 11 is 0. The third kappa shape index (κ3) is 5.44. The molecule has 0 saturated carbocycles. The van der Waals surface area contributed by atoms with Crippen molar-refractivity contribution in [2.75, 3.05) is 13.2 Å². The number of carbonyl (C=O) groups excluding carboxylic acids is 1. The minimum absolute atomic E-state index is 0.112. The number of carbonyl (C=O) groups is 1. The molecule has 0 fully saturated rings. The van der Waals surface area contributed by atoms with Crippen LogP contribution in [0.4, 0.5) is 18.0 Å². The lowest BCUT2D eigenvalue weighted by atomic mass is 10.2. The first kappa shape index (κ1) is 18.7. The number of hydrogen-bond donors (Lipinski definition) is 2. The van der Waals surface area contributed by atoms with Gasteiger partial charge in [-0.2, -0.15) is 0 Å². The quantitative estimate of drug-likeness (QED) is 0.832. The Hall–Kier alpha value is -3.10. The highest BCUT2D eigenvalue weighted by Gasteiger charge is 2.31. The van der Waals surface area contributed by atoms with Crippen molar-refractivity contribution in [3.05, 3.63) is 53.6 Å². The van der Waals surface area contributed by atoms with E-state index in [0.717, 1.165) is 5.56 Å². The van der Waals surface area contributed by atoms with Crippen LogP contribution in [0.15, 0.2) is 42.5 Å².